The zero-order valence-corrected chi connectivity index (χ0v) is 26.8. The summed E-state index contributed by atoms with van der Waals surface area (Å²) in [4.78, 5) is 0. The number of fused-ring (bicyclic) bond motifs is 1. The molecule has 1 heteroatoms. The van der Waals surface area contributed by atoms with Crippen molar-refractivity contribution in [1.82, 2.24) is 0 Å². The van der Waals surface area contributed by atoms with Crippen LogP contribution in [0.5, 0.6) is 0 Å². The van der Waals surface area contributed by atoms with E-state index in [4.69, 9.17) is 0 Å². The summed E-state index contributed by atoms with van der Waals surface area (Å²) < 4.78 is 0. The predicted molar refractivity (Wildman–Crippen MR) is 216 cm³/mol. The maximum atomic E-state index is 2.12. The van der Waals surface area contributed by atoms with Crippen LogP contribution in [0.3, 0.4) is 0 Å². The first-order valence-corrected chi connectivity index (χ1v) is 15.2. The van der Waals surface area contributed by atoms with Crippen LogP contribution in [-0.2, 0) is 0 Å². The average Bonchev–Trinajstić information content (AvgIpc) is 3.65. The second-order valence-corrected chi connectivity index (χ2v) is 6.97. The molecule has 5 aromatic rings. The van der Waals surface area contributed by atoms with Gasteiger partial charge in [-0.25, -0.2) is 0 Å². The first-order valence-electron chi connectivity index (χ1n) is 14.3. The van der Waals surface area contributed by atoms with Gasteiger partial charge in [0.15, 0.2) is 0 Å². The van der Waals surface area contributed by atoms with Gasteiger partial charge in [0.1, 0.15) is 0 Å². The summed E-state index contributed by atoms with van der Waals surface area (Å²) in [5.74, 6) is 0. The molecule has 0 aliphatic heterocycles. The number of hydrogen-bond donors (Lipinski definition) is 0. The molecule has 0 nitrogen and oxygen atoms in total. The number of benzene rings is 4. The van der Waals surface area contributed by atoms with Gasteiger partial charge in [0.05, 0.1) is 0 Å². The summed E-state index contributed by atoms with van der Waals surface area (Å²) in [6, 6.07) is 44.8. The molecular weight excluding hydrogens is 537 g/mol. The summed E-state index contributed by atoms with van der Waals surface area (Å²) >= 11 is 1.71. The van der Waals surface area contributed by atoms with Gasteiger partial charge in [0.25, 0.3) is 0 Å². The van der Waals surface area contributed by atoms with E-state index in [2.05, 4.69) is 62.4 Å². The first-order chi connectivity index (χ1) is 18.9. The molecule has 0 amide bonds. The molecule has 4 aromatic carbocycles. The van der Waals surface area contributed by atoms with Crippen LogP contribution in [0, 0.1) is 0 Å². The number of rotatable bonds is 0. The van der Waals surface area contributed by atoms with Crippen molar-refractivity contribution in [3.63, 3.8) is 0 Å². The van der Waals surface area contributed by atoms with Crippen molar-refractivity contribution in [1.29, 1.82) is 0 Å². The molecule has 0 bridgehead atoms. The van der Waals surface area contributed by atoms with Crippen molar-refractivity contribution in [2.75, 3.05) is 0 Å². The van der Waals surface area contributed by atoms with Crippen molar-refractivity contribution in [3.05, 3.63) is 144 Å². The molecule has 250 valence electrons. The van der Waals surface area contributed by atoms with Gasteiger partial charge in [0, 0.05) is 0 Å². The molecule has 0 radical (unpaired) electrons. The highest BCUT2D eigenvalue weighted by Gasteiger charge is 1.85. The molecule has 43 heavy (non-hydrogen) atoms. The molecule has 0 aliphatic rings. The summed E-state index contributed by atoms with van der Waals surface area (Å²) in [5.41, 5.74) is 0. The number of thiophene rings is 1. The van der Waals surface area contributed by atoms with Crippen molar-refractivity contribution < 1.29 is 0 Å². The molecule has 1 heterocycles. The fraction of sp³-hybridized carbons (Fsp3) is 0.381. The lowest BCUT2D eigenvalue weighted by Crippen LogP contribution is -1.67. The number of hydrogen-bond acceptors (Lipinski definition) is 1. The third-order valence-electron chi connectivity index (χ3n) is 3.42. The van der Waals surface area contributed by atoms with Gasteiger partial charge >= 0.3 is 0 Å². The second-order valence-electron chi connectivity index (χ2n) is 6.16. The zero-order chi connectivity index (χ0) is 29.5. The Morgan fingerprint density at radius 2 is 0.488 bits per heavy atom. The third kappa shape index (κ3) is 52.0. The summed E-state index contributed by atoms with van der Waals surface area (Å²) in [6.45, 7) is 20.2. The van der Waals surface area contributed by atoms with E-state index < -0.39 is 0 Å². The fourth-order valence-electron chi connectivity index (χ4n) is 2.13. The van der Waals surface area contributed by atoms with Crippen LogP contribution in [-0.4, -0.2) is 0 Å². The minimum absolute atomic E-state index is 0. The Kier molecular flexibility index (Phi) is 98.3. The summed E-state index contributed by atoms with van der Waals surface area (Å²) in [6.07, 6.45) is 1.25. The normalized spacial score (nSPS) is 6.47. The quantitative estimate of drug-likeness (QED) is 0.163. The van der Waals surface area contributed by atoms with Crippen molar-refractivity contribution in [2.45, 2.75) is 113 Å². The van der Waals surface area contributed by atoms with E-state index >= 15 is 0 Å². The van der Waals surface area contributed by atoms with Gasteiger partial charge in [-0.3, -0.25) is 0 Å². The van der Waals surface area contributed by atoms with Crippen LogP contribution in [0.15, 0.2) is 144 Å². The first kappa shape index (κ1) is 63.2. The van der Waals surface area contributed by atoms with Crippen LogP contribution >= 0.6 is 11.3 Å². The molecule has 0 aliphatic carbocycles. The standard InChI is InChI=1S/C10H8.2C6H6.C4H4S.C3H8.4C2H6.5CH4/c1-2-6-10-8-4-3-7-9(10)5-1;2*1-2-4-6-5-3-1;1-2-4-5-3-1;1-3-2;4*1-2;;;;;/h1-8H;2*1-6H;1-4H;3H2,1-2H3;4*1-2H3;5*1H4. The smallest absolute Gasteiger partial charge is 0.00934 e. The summed E-state index contributed by atoms with van der Waals surface area (Å²) in [7, 11) is 0. The third-order valence-corrected chi connectivity index (χ3v) is 4.05. The van der Waals surface area contributed by atoms with Gasteiger partial charge in [-0.2, -0.15) is 11.3 Å². The molecule has 0 unspecified atom stereocenters. The van der Waals surface area contributed by atoms with E-state index in [0.717, 1.165) is 0 Å². The topological polar surface area (TPSA) is 0 Å². The Bertz CT molecular complexity index is 762. The SMILES string of the molecule is C.C.C.C.C.CC.CC.CC.CC.CCC.c1ccc2ccccc2c1.c1ccccc1.c1ccccc1.c1ccsc1. The molecule has 0 N–H and O–H groups in total. The zero-order valence-electron chi connectivity index (χ0n) is 26.0. The maximum Gasteiger partial charge on any atom is -0.00934 e. The van der Waals surface area contributed by atoms with Gasteiger partial charge in [-0.1, -0.05) is 246 Å². The second kappa shape index (κ2) is 66.9. The maximum absolute atomic E-state index is 2.12. The Labute approximate surface area is 278 Å². The predicted octanol–water partition coefficient (Wildman–Crippen LogP) is 16.7. The lowest BCUT2D eigenvalue weighted by Gasteiger charge is -1.92. The van der Waals surface area contributed by atoms with Crippen molar-refractivity contribution in [2.24, 2.45) is 0 Å². The van der Waals surface area contributed by atoms with Crippen LogP contribution in [0.1, 0.15) is 113 Å². The molecular formula is C42H76S. The molecule has 5 rings (SSSR count). The lowest BCUT2D eigenvalue weighted by molar-refractivity contribution is 1.09. The van der Waals surface area contributed by atoms with E-state index in [1.807, 2.05) is 151 Å². The van der Waals surface area contributed by atoms with Crippen LogP contribution in [0.4, 0.5) is 0 Å². The summed E-state index contributed by atoms with van der Waals surface area (Å²) in [5, 5.41) is 6.70. The molecule has 0 saturated heterocycles. The van der Waals surface area contributed by atoms with Gasteiger partial charge in [-0.15, -0.1) is 0 Å². The Balaban J connectivity index is -0.0000000455. The van der Waals surface area contributed by atoms with E-state index in [1.54, 1.807) is 11.3 Å². The Hall–Kier alpha value is -3.16. The molecule has 0 spiro atoms. The van der Waals surface area contributed by atoms with E-state index in [1.165, 1.54) is 17.2 Å². The lowest BCUT2D eigenvalue weighted by atomic mass is 10.1. The van der Waals surface area contributed by atoms with E-state index in [9.17, 15) is 0 Å². The minimum atomic E-state index is 0. The van der Waals surface area contributed by atoms with E-state index in [-0.39, 0.29) is 37.1 Å². The minimum Gasteiger partial charge on any atom is -0.152 e. The van der Waals surface area contributed by atoms with Crippen LogP contribution in [0.25, 0.3) is 10.8 Å². The Morgan fingerprint density at radius 3 is 0.605 bits per heavy atom. The molecule has 0 atom stereocenters. The van der Waals surface area contributed by atoms with Gasteiger partial charge in [0.2, 0.25) is 0 Å². The highest BCUT2D eigenvalue weighted by Crippen LogP contribution is 2.11. The molecule has 1 aromatic heterocycles. The van der Waals surface area contributed by atoms with Crippen molar-refractivity contribution >= 4 is 22.1 Å². The monoisotopic (exact) mass is 613 g/mol. The molecule has 0 saturated carbocycles. The molecule has 0 fully saturated rings. The fourth-order valence-corrected chi connectivity index (χ4v) is 2.58. The van der Waals surface area contributed by atoms with Crippen LogP contribution < -0.4 is 0 Å². The van der Waals surface area contributed by atoms with Crippen LogP contribution in [0.2, 0.25) is 0 Å². The van der Waals surface area contributed by atoms with Crippen molar-refractivity contribution in [3.8, 4) is 0 Å². The average molecular weight is 613 g/mol. The highest BCUT2D eigenvalue weighted by molar-refractivity contribution is 7.07. The Morgan fingerprint density at radius 1 is 0.326 bits per heavy atom. The largest absolute Gasteiger partial charge is 0.152 e. The van der Waals surface area contributed by atoms with Gasteiger partial charge < -0.3 is 0 Å². The van der Waals surface area contributed by atoms with E-state index in [0.29, 0.717) is 0 Å². The van der Waals surface area contributed by atoms with Gasteiger partial charge in [-0.05, 0) is 21.5 Å². The highest BCUT2D eigenvalue weighted by atomic mass is 32.1.